The quantitative estimate of drug-likeness (QED) is 0.618. The molecule has 0 aliphatic rings. The number of hydrogen-bond donors (Lipinski definition) is 2. The zero-order valence-corrected chi connectivity index (χ0v) is 17.8. The Balaban J connectivity index is 0.00000151. The summed E-state index contributed by atoms with van der Waals surface area (Å²) in [6.07, 6.45) is 0. The number of benzene rings is 1. The van der Waals surface area contributed by atoms with Crippen molar-refractivity contribution in [1.29, 1.82) is 0 Å². The van der Waals surface area contributed by atoms with E-state index in [0.29, 0.717) is 26.5 Å². The second kappa shape index (κ2) is 9.68. The van der Waals surface area contributed by atoms with E-state index in [1.165, 1.54) is 18.3 Å². The van der Waals surface area contributed by atoms with E-state index in [4.69, 9.17) is 0 Å². The summed E-state index contributed by atoms with van der Waals surface area (Å²) in [5, 5.41) is 8.34. The third-order valence-corrected chi connectivity index (χ3v) is 4.90. The number of nitrogens with zero attached hydrogens (tertiary/aromatic N) is 1. The monoisotopic (exact) mass is 425 g/mol. The molecule has 2 rings (SSSR count). The molecule has 1 amide bonds. The van der Waals surface area contributed by atoms with E-state index in [9.17, 15) is 9.59 Å². The minimum absolute atomic E-state index is 0.110. The first kappa shape index (κ1) is 21.3. The molecule has 2 aromatic rings. The first-order chi connectivity index (χ1) is 11.8. The molecule has 0 bridgehead atoms. The molecular weight excluding hydrogens is 402 g/mol. The number of thiazole rings is 1. The molecule has 0 unspecified atom stereocenters. The number of hydrogen-bond acceptors (Lipinski definition) is 5. The molecule has 1 aromatic carbocycles. The maximum absolute atomic E-state index is 12.4. The molecule has 0 aliphatic heterocycles. The average Bonchev–Trinajstić information content (AvgIpc) is 3.01. The number of aromatic nitrogens is 1. The van der Waals surface area contributed by atoms with Gasteiger partial charge in [0.2, 0.25) is 0 Å². The predicted molar refractivity (Wildman–Crippen MR) is 109 cm³/mol. The van der Waals surface area contributed by atoms with Crippen molar-refractivity contribution in [1.82, 2.24) is 4.98 Å². The lowest BCUT2D eigenvalue weighted by molar-refractivity contribution is 0.101. The standard InChI is InChI=1S/C16H18BrN3O2S.C2H6/c1-8(2)18-16-19-12(7-23-16)15(22)20-14-11(10(4)21)6-5-9(3)13(14)17;1-2/h5-8H,1-4H3,(H,18,19)(H,20,22);1-2H3. The number of halogens is 1. The Bertz CT molecular complexity index is 757. The minimum Gasteiger partial charge on any atom is -0.359 e. The van der Waals surface area contributed by atoms with Crippen LogP contribution in [0.5, 0.6) is 0 Å². The molecule has 25 heavy (non-hydrogen) atoms. The number of aryl methyl sites for hydroxylation is 1. The summed E-state index contributed by atoms with van der Waals surface area (Å²) in [6.45, 7) is 11.4. The van der Waals surface area contributed by atoms with Gasteiger partial charge >= 0.3 is 0 Å². The van der Waals surface area contributed by atoms with Crippen LogP contribution in [-0.4, -0.2) is 22.7 Å². The zero-order valence-electron chi connectivity index (χ0n) is 15.4. The van der Waals surface area contributed by atoms with Crippen LogP contribution in [0.2, 0.25) is 0 Å². The smallest absolute Gasteiger partial charge is 0.275 e. The van der Waals surface area contributed by atoms with Crippen molar-refractivity contribution in [2.45, 2.75) is 47.6 Å². The Morgan fingerprint density at radius 2 is 1.88 bits per heavy atom. The van der Waals surface area contributed by atoms with Gasteiger partial charge in [0.1, 0.15) is 5.69 Å². The number of carbonyl (C=O) groups is 2. The lowest BCUT2D eigenvalue weighted by Gasteiger charge is -2.12. The van der Waals surface area contributed by atoms with Gasteiger partial charge < -0.3 is 10.6 Å². The largest absolute Gasteiger partial charge is 0.359 e. The van der Waals surface area contributed by atoms with E-state index < -0.39 is 0 Å². The van der Waals surface area contributed by atoms with E-state index in [1.807, 2.05) is 40.7 Å². The minimum atomic E-state index is -0.341. The van der Waals surface area contributed by atoms with Crippen LogP contribution in [0.1, 0.15) is 61.0 Å². The fraction of sp³-hybridized carbons (Fsp3) is 0.389. The van der Waals surface area contributed by atoms with Gasteiger partial charge in [-0.05, 0) is 55.3 Å². The summed E-state index contributed by atoms with van der Waals surface area (Å²) >= 11 is 4.81. The molecule has 0 saturated heterocycles. The van der Waals surface area contributed by atoms with Gasteiger partial charge in [0.15, 0.2) is 10.9 Å². The van der Waals surface area contributed by atoms with Crippen LogP contribution in [0, 0.1) is 6.92 Å². The van der Waals surface area contributed by atoms with Crippen molar-refractivity contribution in [3.8, 4) is 0 Å². The van der Waals surface area contributed by atoms with Crippen LogP contribution < -0.4 is 10.6 Å². The van der Waals surface area contributed by atoms with Crippen molar-refractivity contribution in [2.24, 2.45) is 0 Å². The maximum atomic E-state index is 12.4. The molecule has 0 aliphatic carbocycles. The van der Waals surface area contributed by atoms with Crippen LogP contribution in [-0.2, 0) is 0 Å². The summed E-state index contributed by atoms with van der Waals surface area (Å²) in [6, 6.07) is 3.79. The third kappa shape index (κ3) is 5.64. The van der Waals surface area contributed by atoms with Crippen molar-refractivity contribution in [3.05, 3.63) is 38.8 Å². The van der Waals surface area contributed by atoms with Gasteiger partial charge in [-0.1, -0.05) is 19.9 Å². The van der Waals surface area contributed by atoms with Gasteiger partial charge in [-0.2, -0.15) is 0 Å². The van der Waals surface area contributed by atoms with Gasteiger partial charge in [0.05, 0.1) is 5.69 Å². The zero-order chi connectivity index (χ0) is 19.1. The Morgan fingerprint density at radius 3 is 2.44 bits per heavy atom. The normalized spacial score (nSPS) is 10.1. The van der Waals surface area contributed by atoms with Gasteiger partial charge in [-0.25, -0.2) is 4.98 Å². The molecule has 0 radical (unpaired) electrons. The Morgan fingerprint density at radius 1 is 1.24 bits per heavy atom. The lowest BCUT2D eigenvalue weighted by Crippen LogP contribution is -2.16. The number of rotatable bonds is 5. The van der Waals surface area contributed by atoms with E-state index in [2.05, 4.69) is 31.5 Å². The molecule has 1 aromatic heterocycles. The summed E-state index contributed by atoms with van der Waals surface area (Å²) < 4.78 is 0.703. The summed E-state index contributed by atoms with van der Waals surface area (Å²) in [5.41, 5.74) is 2.20. The van der Waals surface area contributed by atoms with Gasteiger partial charge in [-0.15, -0.1) is 11.3 Å². The highest BCUT2D eigenvalue weighted by Crippen LogP contribution is 2.31. The second-order valence-corrected chi connectivity index (χ2v) is 7.12. The van der Waals surface area contributed by atoms with Crippen LogP contribution in [0.4, 0.5) is 10.8 Å². The molecule has 7 heteroatoms. The lowest BCUT2D eigenvalue weighted by atomic mass is 10.1. The molecule has 136 valence electrons. The molecule has 2 N–H and O–H groups in total. The first-order valence-corrected chi connectivity index (χ1v) is 9.80. The van der Waals surface area contributed by atoms with Crippen molar-refractivity contribution in [3.63, 3.8) is 0 Å². The number of anilines is 2. The van der Waals surface area contributed by atoms with Crippen LogP contribution in [0.3, 0.4) is 0 Å². The summed E-state index contributed by atoms with van der Waals surface area (Å²) in [7, 11) is 0. The van der Waals surface area contributed by atoms with Crippen molar-refractivity contribution < 1.29 is 9.59 Å². The topological polar surface area (TPSA) is 71.1 Å². The van der Waals surface area contributed by atoms with E-state index in [-0.39, 0.29) is 17.7 Å². The molecule has 0 fully saturated rings. The number of Topliss-reactive ketones (excluding diaryl/α,β-unsaturated/α-hetero) is 1. The molecule has 5 nitrogen and oxygen atoms in total. The molecule has 0 spiro atoms. The number of nitrogens with one attached hydrogen (secondary N) is 2. The fourth-order valence-corrected chi connectivity index (χ4v) is 3.25. The molecule has 0 atom stereocenters. The van der Waals surface area contributed by atoms with E-state index >= 15 is 0 Å². The number of ketones is 1. The van der Waals surface area contributed by atoms with Crippen LogP contribution in [0.15, 0.2) is 22.0 Å². The first-order valence-electron chi connectivity index (χ1n) is 8.13. The maximum Gasteiger partial charge on any atom is 0.275 e. The fourth-order valence-electron chi connectivity index (χ4n) is 1.96. The second-order valence-electron chi connectivity index (χ2n) is 5.47. The number of amides is 1. The van der Waals surface area contributed by atoms with E-state index in [1.54, 1.807) is 11.4 Å². The summed E-state index contributed by atoms with van der Waals surface area (Å²) in [4.78, 5) is 28.5. The van der Waals surface area contributed by atoms with Gasteiger partial charge in [-0.3, -0.25) is 9.59 Å². The van der Waals surface area contributed by atoms with Crippen molar-refractivity contribution >= 4 is 49.8 Å². The summed E-state index contributed by atoms with van der Waals surface area (Å²) in [5.74, 6) is -0.451. The Labute approximate surface area is 161 Å². The SMILES string of the molecule is CC.CC(=O)c1ccc(C)c(Br)c1NC(=O)c1csc(NC(C)C)n1. The van der Waals surface area contributed by atoms with Crippen molar-refractivity contribution in [2.75, 3.05) is 10.6 Å². The van der Waals surface area contributed by atoms with E-state index in [0.717, 1.165) is 5.56 Å². The highest BCUT2D eigenvalue weighted by Gasteiger charge is 2.18. The molecule has 1 heterocycles. The third-order valence-electron chi connectivity index (χ3n) is 3.10. The van der Waals surface area contributed by atoms with Gasteiger partial charge in [0.25, 0.3) is 5.91 Å². The molecule has 0 saturated carbocycles. The van der Waals surface area contributed by atoms with Crippen LogP contribution in [0.25, 0.3) is 0 Å². The Kier molecular flexibility index (Phi) is 8.25. The average molecular weight is 426 g/mol. The highest BCUT2D eigenvalue weighted by molar-refractivity contribution is 9.10. The van der Waals surface area contributed by atoms with Gasteiger partial charge in [0, 0.05) is 21.5 Å². The number of carbonyl (C=O) groups excluding carboxylic acids is 2. The predicted octanol–water partition coefficient (Wildman–Crippen LogP) is 5.52. The molecular formula is C18H24BrN3O2S. The highest BCUT2D eigenvalue weighted by atomic mass is 79.9. The Hall–Kier alpha value is -1.73. The van der Waals surface area contributed by atoms with Crippen LogP contribution >= 0.6 is 27.3 Å².